The first kappa shape index (κ1) is 14.8. The van der Waals surface area contributed by atoms with Crippen molar-refractivity contribution in [2.75, 3.05) is 50.1 Å². The van der Waals surface area contributed by atoms with Crippen LogP contribution in [0, 0.1) is 0 Å². The van der Waals surface area contributed by atoms with Gasteiger partial charge < -0.3 is 14.7 Å². The molecule has 0 radical (unpaired) electrons. The Morgan fingerprint density at radius 1 is 0.905 bits per heavy atom. The molecule has 2 saturated heterocycles. The highest BCUT2D eigenvalue weighted by Gasteiger charge is 2.24. The summed E-state index contributed by atoms with van der Waals surface area (Å²) in [5, 5.41) is 0.302. The van der Waals surface area contributed by atoms with Crippen LogP contribution < -0.4 is 9.80 Å². The molecular weight excluding hydrogens is 288 g/mol. The maximum atomic E-state index is 6.10. The fourth-order valence-corrected chi connectivity index (χ4v) is 3.26. The minimum absolute atomic E-state index is 0.302. The number of aromatic nitrogens is 3. The van der Waals surface area contributed by atoms with E-state index in [2.05, 4.69) is 43.7 Å². The number of rotatable bonds is 3. The van der Waals surface area contributed by atoms with Gasteiger partial charge in [-0.05, 0) is 51.4 Å². The molecule has 0 atom stereocenters. The number of halogens is 1. The Bertz CT molecular complexity index is 480. The summed E-state index contributed by atoms with van der Waals surface area (Å²) in [6, 6.07) is 0.650. The van der Waals surface area contributed by atoms with E-state index >= 15 is 0 Å². The molecule has 2 aliphatic rings. The molecule has 0 spiro atoms. The number of hydrogen-bond donors (Lipinski definition) is 0. The van der Waals surface area contributed by atoms with Gasteiger partial charge in [-0.3, -0.25) is 0 Å². The summed E-state index contributed by atoms with van der Waals surface area (Å²) in [5.74, 6) is 1.46. The SMILES string of the molecule is CN(C)C1CCN(c2nc(Cl)nc(N3CCCC3)n2)CC1. The molecule has 6 nitrogen and oxygen atoms in total. The minimum Gasteiger partial charge on any atom is -0.341 e. The summed E-state index contributed by atoms with van der Waals surface area (Å²) in [6.45, 7) is 3.98. The fraction of sp³-hybridized carbons (Fsp3) is 0.786. The first-order valence-corrected chi connectivity index (χ1v) is 8.09. The van der Waals surface area contributed by atoms with E-state index in [1.54, 1.807) is 0 Å². The third-order valence-corrected chi connectivity index (χ3v) is 4.62. The van der Waals surface area contributed by atoms with Crippen LogP contribution >= 0.6 is 11.6 Å². The van der Waals surface area contributed by atoms with E-state index < -0.39 is 0 Å². The normalized spacial score (nSPS) is 20.6. The van der Waals surface area contributed by atoms with Gasteiger partial charge in [0, 0.05) is 32.2 Å². The number of anilines is 2. The Morgan fingerprint density at radius 3 is 1.95 bits per heavy atom. The van der Waals surface area contributed by atoms with E-state index in [0.717, 1.165) is 50.9 Å². The van der Waals surface area contributed by atoms with Crippen LogP contribution in [0.25, 0.3) is 0 Å². The average Bonchev–Trinajstić information content (AvgIpc) is 3.01. The maximum Gasteiger partial charge on any atom is 0.231 e. The quantitative estimate of drug-likeness (QED) is 0.846. The molecule has 3 rings (SSSR count). The van der Waals surface area contributed by atoms with Crippen LogP contribution in [0.1, 0.15) is 25.7 Å². The van der Waals surface area contributed by atoms with E-state index in [9.17, 15) is 0 Å². The van der Waals surface area contributed by atoms with Gasteiger partial charge in [-0.2, -0.15) is 15.0 Å². The molecule has 2 fully saturated rings. The molecular formula is C14H23ClN6. The van der Waals surface area contributed by atoms with Crippen LogP contribution in [0.2, 0.25) is 5.28 Å². The van der Waals surface area contributed by atoms with Gasteiger partial charge in [0.15, 0.2) is 0 Å². The Hall–Kier alpha value is -1.14. The Morgan fingerprint density at radius 2 is 1.43 bits per heavy atom. The monoisotopic (exact) mass is 310 g/mol. The first-order valence-electron chi connectivity index (χ1n) is 7.71. The van der Waals surface area contributed by atoms with Crippen molar-refractivity contribution in [3.8, 4) is 0 Å². The van der Waals surface area contributed by atoms with E-state index in [1.165, 1.54) is 12.8 Å². The summed E-state index contributed by atoms with van der Waals surface area (Å²) < 4.78 is 0. The minimum atomic E-state index is 0.302. The van der Waals surface area contributed by atoms with E-state index in [4.69, 9.17) is 11.6 Å². The van der Waals surface area contributed by atoms with Crippen LogP contribution in [0.15, 0.2) is 0 Å². The predicted octanol–water partition coefficient (Wildman–Crippen LogP) is 1.66. The number of nitrogens with zero attached hydrogens (tertiary/aromatic N) is 6. The summed E-state index contributed by atoms with van der Waals surface area (Å²) in [4.78, 5) is 20.0. The summed E-state index contributed by atoms with van der Waals surface area (Å²) >= 11 is 6.10. The second-order valence-corrected chi connectivity index (χ2v) is 6.42. The lowest BCUT2D eigenvalue weighted by molar-refractivity contribution is 0.249. The molecule has 0 aliphatic carbocycles. The molecule has 21 heavy (non-hydrogen) atoms. The molecule has 0 saturated carbocycles. The van der Waals surface area contributed by atoms with Crippen molar-refractivity contribution in [3.63, 3.8) is 0 Å². The zero-order chi connectivity index (χ0) is 14.8. The molecule has 0 aromatic carbocycles. The van der Waals surface area contributed by atoms with Gasteiger partial charge in [-0.25, -0.2) is 0 Å². The number of piperidine rings is 1. The molecule has 7 heteroatoms. The van der Waals surface area contributed by atoms with Gasteiger partial charge in [-0.15, -0.1) is 0 Å². The van der Waals surface area contributed by atoms with Crippen LogP contribution in [-0.4, -0.2) is 66.2 Å². The molecule has 116 valence electrons. The van der Waals surface area contributed by atoms with Gasteiger partial charge in [0.2, 0.25) is 17.2 Å². The van der Waals surface area contributed by atoms with Crippen LogP contribution in [-0.2, 0) is 0 Å². The zero-order valence-electron chi connectivity index (χ0n) is 12.8. The lowest BCUT2D eigenvalue weighted by atomic mass is 10.0. The van der Waals surface area contributed by atoms with Crippen molar-refractivity contribution in [3.05, 3.63) is 5.28 Å². The lowest BCUT2D eigenvalue weighted by Crippen LogP contribution is -2.42. The third-order valence-electron chi connectivity index (χ3n) is 4.45. The smallest absolute Gasteiger partial charge is 0.231 e. The van der Waals surface area contributed by atoms with Crippen LogP contribution in [0.3, 0.4) is 0 Å². The van der Waals surface area contributed by atoms with E-state index in [0.29, 0.717) is 11.3 Å². The van der Waals surface area contributed by atoms with Gasteiger partial charge in [0.25, 0.3) is 0 Å². The van der Waals surface area contributed by atoms with Crippen molar-refractivity contribution >= 4 is 23.5 Å². The first-order chi connectivity index (χ1) is 10.1. The van der Waals surface area contributed by atoms with Crippen molar-refractivity contribution < 1.29 is 0 Å². The highest BCUT2D eigenvalue weighted by molar-refractivity contribution is 6.28. The van der Waals surface area contributed by atoms with Crippen LogP contribution in [0.5, 0.6) is 0 Å². The van der Waals surface area contributed by atoms with Crippen molar-refractivity contribution in [1.29, 1.82) is 0 Å². The van der Waals surface area contributed by atoms with Gasteiger partial charge in [0.1, 0.15) is 0 Å². The van der Waals surface area contributed by atoms with Crippen molar-refractivity contribution in [2.24, 2.45) is 0 Å². The third kappa shape index (κ3) is 3.37. The van der Waals surface area contributed by atoms with Crippen LogP contribution in [0.4, 0.5) is 11.9 Å². The molecule has 0 bridgehead atoms. The Labute approximate surface area is 131 Å². The van der Waals surface area contributed by atoms with Crippen molar-refractivity contribution in [2.45, 2.75) is 31.7 Å². The molecule has 1 aromatic heterocycles. The molecule has 0 amide bonds. The highest BCUT2D eigenvalue weighted by Crippen LogP contribution is 2.23. The van der Waals surface area contributed by atoms with Crippen molar-refractivity contribution in [1.82, 2.24) is 19.9 Å². The molecule has 2 aliphatic heterocycles. The summed E-state index contributed by atoms with van der Waals surface area (Å²) in [5.41, 5.74) is 0. The molecule has 0 unspecified atom stereocenters. The topological polar surface area (TPSA) is 48.4 Å². The predicted molar refractivity (Wildman–Crippen MR) is 85.2 cm³/mol. The van der Waals surface area contributed by atoms with E-state index in [1.807, 2.05) is 0 Å². The summed E-state index contributed by atoms with van der Waals surface area (Å²) in [7, 11) is 4.29. The fourth-order valence-electron chi connectivity index (χ4n) is 3.11. The van der Waals surface area contributed by atoms with E-state index in [-0.39, 0.29) is 0 Å². The second kappa shape index (κ2) is 6.32. The highest BCUT2D eigenvalue weighted by atomic mass is 35.5. The Kier molecular flexibility index (Phi) is 4.45. The Balaban J connectivity index is 1.73. The largest absolute Gasteiger partial charge is 0.341 e. The maximum absolute atomic E-state index is 6.10. The standard InChI is InChI=1S/C14H23ClN6/c1-19(2)11-5-9-21(10-6-11)14-17-12(15)16-13(18-14)20-7-3-4-8-20/h11H,3-10H2,1-2H3. The summed E-state index contributed by atoms with van der Waals surface area (Å²) in [6.07, 6.45) is 4.67. The van der Waals surface area contributed by atoms with Gasteiger partial charge in [0.05, 0.1) is 0 Å². The molecule has 0 N–H and O–H groups in total. The molecule has 3 heterocycles. The second-order valence-electron chi connectivity index (χ2n) is 6.08. The zero-order valence-corrected chi connectivity index (χ0v) is 13.6. The van der Waals surface area contributed by atoms with Gasteiger partial charge >= 0.3 is 0 Å². The average molecular weight is 311 g/mol. The van der Waals surface area contributed by atoms with Gasteiger partial charge in [-0.1, -0.05) is 0 Å². The number of hydrogen-bond acceptors (Lipinski definition) is 6. The lowest BCUT2D eigenvalue weighted by Gasteiger charge is -2.35. The molecule has 1 aromatic rings.